The minimum atomic E-state index is -0.154. The van der Waals surface area contributed by atoms with Crippen molar-refractivity contribution in [3.63, 3.8) is 0 Å². The Morgan fingerprint density at radius 3 is 2.91 bits per heavy atom. The molecule has 0 aromatic carbocycles. The van der Waals surface area contributed by atoms with Gasteiger partial charge in [-0.1, -0.05) is 17.7 Å². The van der Waals surface area contributed by atoms with Crippen molar-refractivity contribution in [1.82, 2.24) is 5.32 Å². The van der Waals surface area contributed by atoms with Gasteiger partial charge >= 0.3 is 0 Å². The topological polar surface area (TPSA) is 32.3 Å². The van der Waals surface area contributed by atoms with Crippen molar-refractivity contribution >= 4 is 11.6 Å². The molecule has 1 aliphatic rings. The Morgan fingerprint density at radius 1 is 1.64 bits per heavy atom. The first kappa shape index (κ1) is 9.04. The molecule has 1 atom stereocenters. The zero-order valence-corrected chi connectivity index (χ0v) is 7.22. The number of nitrogens with one attached hydrogen (secondary N) is 1. The number of hydrogen-bond acceptors (Lipinski definition) is 2. The summed E-state index contributed by atoms with van der Waals surface area (Å²) in [6.07, 6.45) is 4.04. The quantitative estimate of drug-likeness (QED) is 0.614. The summed E-state index contributed by atoms with van der Waals surface area (Å²) in [5.74, 6) is 0.558. The van der Waals surface area contributed by atoms with Crippen LogP contribution in [0.15, 0.2) is 11.6 Å². The Labute approximate surface area is 72.2 Å². The van der Waals surface area contributed by atoms with Gasteiger partial charge in [-0.2, -0.15) is 0 Å². The van der Waals surface area contributed by atoms with E-state index < -0.39 is 0 Å². The molecule has 11 heavy (non-hydrogen) atoms. The molecule has 3 heteroatoms. The summed E-state index contributed by atoms with van der Waals surface area (Å²) >= 11 is 5.31. The van der Waals surface area contributed by atoms with Crippen LogP contribution in [0, 0.1) is 5.92 Å². The molecule has 0 saturated heterocycles. The highest BCUT2D eigenvalue weighted by molar-refractivity contribution is 6.25. The summed E-state index contributed by atoms with van der Waals surface area (Å²) in [7, 11) is 0. The van der Waals surface area contributed by atoms with Crippen molar-refractivity contribution in [2.24, 2.45) is 5.92 Å². The molecule has 0 aliphatic heterocycles. The molecule has 0 aromatic rings. The third-order valence-corrected chi connectivity index (χ3v) is 2.05. The molecular weight excluding hydrogens is 162 g/mol. The van der Waals surface area contributed by atoms with E-state index in [0.29, 0.717) is 12.5 Å². The zero-order valence-electron chi connectivity index (χ0n) is 6.46. The van der Waals surface area contributed by atoms with E-state index in [0.717, 1.165) is 6.54 Å². The molecule has 1 fully saturated rings. The van der Waals surface area contributed by atoms with Crippen LogP contribution in [0.1, 0.15) is 12.8 Å². The van der Waals surface area contributed by atoms with Gasteiger partial charge in [0.25, 0.3) is 0 Å². The van der Waals surface area contributed by atoms with Crippen LogP contribution in [0.5, 0.6) is 0 Å². The summed E-state index contributed by atoms with van der Waals surface area (Å²) in [5.41, 5.74) is 1.48. The van der Waals surface area contributed by atoms with Gasteiger partial charge < -0.3 is 10.4 Å². The SMILES string of the molecule is OC(CNC/C=C/Cl)C1CC1. The average Bonchev–Trinajstić information content (AvgIpc) is 2.79. The highest BCUT2D eigenvalue weighted by Gasteiger charge is 2.28. The van der Waals surface area contributed by atoms with E-state index in [1.54, 1.807) is 0 Å². The first-order chi connectivity index (χ1) is 5.34. The van der Waals surface area contributed by atoms with Gasteiger partial charge in [0, 0.05) is 18.6 Å². The maximum Gasteiger partial charge on any atom is 0.0692 e. The predicted octanol–water partition coefficient (Wildman–Crippen LogP) is 1.10. The van der Waals surface area contributed by atoms with Crippen LogP contribution in [0.3, 0.4) is 0 Å². The van der Waals surface area contributed by atoms with Crippen molar-refractivity contribution < 1.29 is 5.11 Å². The van der Waals surface area contributed by atoms with Crippen molar-refractivity contribution in [3.8, 4) is 0 Å². The molecule has 0 heterocycles. The summed E-state index contributed by atoms with van der Waals surface area (Å²) in [4.78, 5) is 0. The molecule has 0 radical (unpaired) electrons. The van der Waals surface area contributed by atoms with Gasteiger partial charge in [-0.3, -0.25) is 0 Å². The summed E-state index contributed by atoms with van der Waals surface area (Å²) in [6, 6.07) is 0. The largest absolute Gasteiger partial charge is 0.392 e. The van der Waals surface area contributed by atoms with Crippen molar-refractivity contribution in [3.05, 3.63) is 11.6 Å². The van der Waals surface area contributed by atoms with Crippen LogP contribution in [0.25, 0.3) is 0 Å². The van der Waals surface area contributed by atoms with E-state index in [1.165, 1.54) is 18.4 Å². The smallest absolute Gasteiger partial charge is 0.0692 e. The van der Waals surface area contributed by atoms with E-state index in [2.05, 4.69) is 5.32 Å². The molecule has 1 saturated carbocycles. The lowest BCUT2D eigenvalue weighted by molar-refractivity contribution is 0.150. The molecule has 1 aliphatic carbocycles. The van der Waals surface area contributed by atoms with Gasteiger partial charge in [-0.05, 0) is 18.8 Å². The Bertz CT molecular complexity index is 134. The third-order valence-electron chi connectivity index (χ3n) is 1.87. The van der Waals surface area contributed by atoms with Gasteiger partial charge in [0.2, 0.25) is 0 Å². The Balaban J connectivity index is 1.93. The lowest BCUT2D eigenvalue weighted by atomic mass is 10.2. The molecule has 0 spiro atoms. The lowest BCUT2D eigenvalue weighted by Crippen LogP contribution is -2.28. The number of rotatable bonds is 5. The van der Waals surface area contributed by atoms with Gasteiger partial charge in [0.05, 0.1) is 6.10 Å². The summed E-state index contributed by atoms with van der Waals surface area (Å²) in [6.45, 7) is 1.43. The van der Waals surface area contributed by atoms with Gasteiger partial charge in [0.1, 0.15) is 0 Å². The second-order valence-corrected chi connectivity index (χ2v) is 3.18. The second-order valence-electron chi connectivity index (χ2n) is 2.92. The highest BCUT2D eigenvalue weighted by Crippen LogP contribution is 2.32. The second kappa shape index (κ2) is 4.75. The molecule has 1 rings (SSSR count). The maximum absolute atomic E-state index is 9.37. The fourth-order valence-electron chi connectivity index (χ4n) is 1.01. The average molecular weight is 176 g/mol. The van der Waals surface area contributed by atoms with Crippen molar-refractivity contribution in [2.75, 3.05) is 13.1 Å². The molecule has 0 bridgehead atoms. The number of hydrogen-bond donors (Lipinski definition) is 2. The first-order valence-corrected chi connectivity index (χ1v) is 4.42. The van der Waals surface area contributed by atoms with E-state index >= 15 is 0 Å². The van der Waals surface area contributed by atoms with Gasteiger partial charge in [-0.25, -0.2) is 0 Å². The monoisotopic (exact) mass is 175 g/mol. The van der Waals surface area contributed by atoms with E-state index in [-0.39, 0.29) is 6.10 Å². The van der Waals surface area contributed by atoms with Crippen LogP contribution in [-0.2, 0) is 0 Å². The number of halogens is 1. The number of aliphatic hydroxyl groups is 1. The molecule has 64 valence electrons. The van der Waals surface area contributed by atoms with Gasteiger partial charge in [0.15, 0.2) is 0 Å². The Kier molecular flexibility index (Phi) is 3.91. The third kappa shape index (κ3) is 3.75. The van der Waals surface area contributed by atoms with E-state index in [4.69, 9.17) is 11.6 Å². The molecule has 0 aromatic heterocycles. The van der Waals surface area contributed by atoms with Gasteiger partial charge in [-0.15, -0.1) is 0 Å². The minimum Gasteiger partial charge on any atom is -0.392 e. The maximum atomic E-state index is 9.37. The molecule has 0 amide bonds. The normalized spacial score (nSPS) is 20.9. The van der Waals surface area contributed by atoms with Crippen molar-refractivity contribution in [2.45, 2.75) is 18.9 Å². The summed E-state index contributed by atoms with van der Waals surface area (Å²) < 4.78 is 0. The minimum absolute atomic E-state index is 0.154. The fraction of sp³-hybridized carbons (Fsp3) is 0.750. The molecule has 1 unspecified atom stereocenters. The van der Waals surface area contributed by atoms with Crippen molar-refractivity contribution in [1.29, 1.82) is 0 Å². The molecule has 2 nitrogen and oxygen atoms in total. The van der Waals surface area contributed by atoms with E-state index in [9.17, 15) is 5.11 Å². The Hall–Kier alpha value is -0.0500. The fourth-order valence-corrected chi connectivity index (χ4v) is 1.10. The number of aliphatic hydroxyl groups excluding tert-OH is 1. The predicted molar refractivity (Wildman–Crippen MR) is 46.6 cm³/mol. The van der Waals surface area contributed by atoms with Crippen LogP contribution in [0.4, 0.5) is 0 Å². The molecular formula is C8H14ClNO. The molecule has 2 N–H and O–H groups in total. The van der Waals surface area contributed by atoms with Crippen LogP contribution < -0.4 is 5.32 Å². The van der Waals surface area contributed by atoms with Crippen LogP contribution in [-0.4, -0.2) is 24.3 Å². The highest BCUT2D eigenvalue weighted by atomic mass is 35.5. The van der Waals surface area contributed by atoms with Crippen LogP contribution in [0.2, 0.25) is 0 Å². The summed E-state index contributed by atoms with van der Waals surface area (Å²) in [5, 5.41) is 12.5. The zero-order chi connectivity index (χ0) is 8.10. The lowest BCUT2D eigenvalue weighted by Gasteiger charge is -2.08. The standard InChI is InChI=1S/C8H14ClNO/c9-4-1-5-10-6-8(11)7-2-3-7/h1,4,7-8,10-11H,2-3,5-6H2/b4-1+. The van der Waals surface area contributed by atoms with E-state index in [1.807, 2.05) is 6.08 Å². The van der Waals surface area contributed by atoms with Crippen LogP contribution >= 0.6 is 11.6 Å². The first-order valence-electron chi connectivity index (χ1n) is 3.98. The Morgan fingerprint density at radius 2 is 2.36 bits per heavy atom.